The second-order valence-electron chi connectivity index (χ2n) is 6.38. The molecular weight excluding hydrogens is 250 g/mol. The first-order chi connectivity index (χ1) is 9.61. The third-order valence-electron chi connectivity index (χ3n) is 4.00. The number of nitrogens with one attached hydrogen (secondary N) is 1. The van der Waals surface area contributed by atoms with Crippen LogP contribution in [0.4, 0.5) is 0 Å². The maximum absolute atomic E-state index is 5.68. The van der Waals surface area contributed by atoms with Crippen molar-refractivity contribution in [2.75, 3.05) is 13.2 Å². The molecule has 0 unspecified atom stereocenters. The van der Waals surface area contributed by atoms with E-state index in [0.717, 1.165) is 25.4 Å². The quantitative estimate of drug-likeness (QED) is 0.832. The highest BCUT2D eigenvalue weighted by atomic mass is 16.5. The number of nitrogens with zero attached hydrogens (tertiary/aromatic N) is 2. The highest BCUT2D eigenvalue weighted by Crippen LogP contribution is 2.27. The molecule has 0 radical (unpaired) electrons. The van der Waals surface area contributed by atoms with Gasteiger partial charge in [-0.2, -0.15) is 5.10 Å². The summed E-state index contributed by atoms with van der Waals surface area (Å²) >= 11 is 0. The maximum atomic E-state index is 5.68. The van der Waals surface area contributed by atoms with E-state index in [2.05, 4.69) is 36.1 Å². The van der Waals surface area contributed by atoms with Crippen molar-refractivity contribution in [2.45, 2.75) is 71.1 Å². The van der Waals surface area contributed by atoms with Gasteiger partial charge in [-0.3, -0.25) is 4.68 Å². The van der Waals surface area contributed by atoms with Gasteiger partial charge >= 0.3 is 0 Å². The van der Waals surface area contributed by atoms with E-state index in [0.29, 0.717) is 6.04 Å². The van der Waals surface area contributed by atoms with Gasteiger partial charge in [-0.1, -0.05) is 19.3 Å². The molecule has 2 rings (SSSR count). The van der Waals surface area contributed by atoms with Crippen LogP contribution in [0.15, 0.2) is 12.3 Å². The van der Waals surface area contributed by atoms with E-state index in [1.54, 1.807) is 0 Å². The lowest BCUT2D eigenvalue weighted by molar-refractivity contribution is -0.00902. The fraction of sp³-hybridized carbons (Fsp3) is 0.812. The molecule has 1 aromatic rings. The van der Waals surface area contributed by atoms with Crippen LogP contribution in [0.3, 0.4) is 0 Å². The number of ether oxygens (including phenoxy) is 1. The molecule has 0 aromatic carbocycles. The summed E-state index contributed by atoms with van der Waals surface area (Å²) < 4.78 is 7.85. The Hall–Kier alpha value is -0.870. The molecule has 1 aliphatic rings. The number of aromatic nitrogens is 2. The van der Waals surface area contributed by atoms with E-state index in [9.17, 15) is 0 Å². The van der Waals surface area contributed by atoms with Crippen molar-refractivity contribution in [2.24, 2.45) is 0 Å². The first-order valence-electron chi connectivity index (χ1n) is 7.99. The van der Waals surface area contributed by atoms with Gasteiger partial charge in [-0.25, -0.2) is 0 Å². The molecule has 1 saturated carbocycles. The summed E-state index contributed by atoms with van der Waals surface area (Å²) in [7, 11) is 0. The number of rotatable bonds is 7. The monoisotopic (exact) mass is 279 g/mol. The van der Waals surface area contributed by atoms with Crippen LogP contribution in [0.2, 0.25) is 0 Å². The second kappa shape index (κ2) is 7.23. The predicted octanol–water partition coefficient (Wildman–Crippen LogP) is 3.29. The Morgan fingerprint density at radius 1 is 1.35 bits per heavy atom. The SMILES string of the molecule is CCOC(C)(C)CNCc1ccn(C2CCCCC2)n1. The molecule has 0 saturated heterocycles. The molecule has 1 aliphatic carbocycles. The summed E-state index contributed by atoms with van der Waals surface area (Å²) in [5.41, 5.74) is 1.02. The van der Waals surface area contributed by atoms with Gasteiger partial charge < -0.3 is 10.1 Å². The third kappa shape index (κ3) is 4.60. The van der Waals surface area contributed by atoms with E-state index in [1.807, 2.05) is 6.92 Å². The van der Waals surface area contributed by atoms with Gasteiger partial charge in [0.15, 0.2) is 0 Å². The molecule has 4 heteroatoms. The molecule has 1 N–H and O–H groups in total. The molecule has 0 atom stereocenters. The van der Waals surface area contributed by atoms with Crippen LogP contribution in [0.25, 0.3) is 0 Å². The lowest BCUT2D eigenvalue weighted by Crippen LogP contribution is -2.37. The van der Waals surface area contributed by atoms with Crippen molar-refractivity contribution in [1.29, 1.82) is 0 Å². The van der Waals surface area contributed by atoms with E-state index >= 15 is 0 Å². The molecule has 0 amide bonds. The first-order valence-corrected chi connectivity index (χ1v) is 7.99. The van der Waals surface area contributed by atoms with Crippen LogP contribution in [0.5, 0.6) is 0 Å². The Bertz CT molecular complexity index is 394. The summed E-state index contributed by atoms with van der Waals surface area (Å²) in [6.07, 6.45) is 8.79. The van der Waals surface area contributed by atoms with E-state index in [1.165, 1.54) is 32.1 Å². The van der Waals surface area contributed by atoms with Crippen molar-refractivity contribution >= 4 is 0 Å². The van der Waals surface area contributed by atoms with Crippen LogP contribution >= 0.6 is 0 Å². The van der Waals surface area contributed by atoms with Crippen molar-refractivity contribution in [3.8, 4) is 0 Å². The van der Waals surface area contributed by atoms with Gasteiger partial charge in [0.2, 0.25) is 0 Å². The van der Waals surface area contributed by atoms with E-state index in [-0.39, 0.29) is 5.60 Å². The summed E-state index contributed by atoms with van der Waals surface area (Å²) in [6, 6.07) is 2.76. The number of hydrogen-bond donors (Lipinski definition) is 1. The number of hydrogen-bond acceptors (Lipinski definition) is 3. The van der Waals surface area contributed by atoms with Crippen molar-refractivity contribution in [3.63, 3.8) is 0 Å². The molecule has 1 aromatic heterocycles. The largest absolute Gasteiger partial charge is 0.375 e. The molecule has 0 bridgehead atoms. The average molecular weight is 279 g/mol. The zero-order valence-corrected chi connectivity index (χ0v) is 13.2. The summed E-state index contributed by atoms with van der Waals surface area (Å²) in [5.74, 6) is 0. The van der Waals surface area contributed by atoms with Crippen LogP contribution in [0, 0.1) is 0 Å². The van der Waals surface area contributed by atoms with Gasteiger partial charge in [0.05, 0.1) is 17.3 Å². The molecule has 1 fully saturated rings. The molecule has 4 nitrogen and oxygen atoms in total. The van der Waals surface area contributed by atoms with Gasteiger partial charge in [0, 0.05) is 25.9 Å². The van der Waals surface area contributed by atoms with Gasteiger partial charge in [0.25, 0.3) is 0 Å². The maximum Gasteiger partial charge on any atom is 0.0762 e. The molecule has 20 heavy (non-hydrogen) atoms. The Morgan fingerprint density at radius 2 is 2.10 bits per heavy atom. The molecule has 0 aliphatic heterocycles. The normalized spacial score (nSPS) is 17.6. The molecule has 1 heterocycles. The minimum Gasteiger partial charge on any atom is -0.375 e. The van der Waals surface area contributed by atoms with Gasteiger partial charge in [0.1, 0.15) is 0 Å². The fourth-order valence-corrected chi connectivity index (χ4v) is 2.95. The Morgan fingerprint density at radius 3 is 2.80 bits per heavy atom. The second-order valence-corrected chi connectivity index (χ2v) is 6.38. The fourth-order valence-electron chi connectivity index (χ4n) is 2.95. The summed E-state index contributed by atoms with van der Waals surface area (Å²) in [6.45, 7) is 8.68. The molecule has 114 valence electrons. The zero-order valence-electron chi connectivity index (χ0n) is 13.2. The first kappa shape index (κ1) is 15.5. The van der Waals surface area contributed by atoms with Crippen molar-refractivity contribution in [1.82, 2.24) is 15.1 Å². The highest BCUT2D eigenvalue weighted by Gasteiger charge is 2.18. The zero-order chi connectivity index (χ0) is 14.4. The minimum atomic E-state index is -0.110. The van der Waals surface area contributed by atoms with Crippen LogP contribution in [-0.4, -0.2) is 28.5 Å². The van der Waals surface area contributed by atoms with Gasteiger partial charge in [-0.05, 0) is 39.7 Å². The van der Waals surface area contributed by atoms with E-state index in [4.69, 9.17) is 9.84 Å². The van der Waals surface area contributed by atoms with E-state index < -0.39 is 0 Å². The highest BCUT2D eigenvalue weighted by molar-refractivity contribution is 5.00. The molecule has 0 spiro atoms. The molecular formula is C16H29N3O. The predicted molar refractivity (Wildman–Crippen MR) is 81.8 cm³/mol. The van der Waals surface area contributed by atoms with Gasteiger partial charge in [-0.15, -0.1) is 0 Å². The Labute approximate surface area is 122 Å². The van der Waals surface area contributed by atoms with Crippen LogP contribution in [-0.2, 0) is 11.3 Å². The lowest BCUT2D eigenvalue weighted by Gasteiger charge is -2.24. The lowest BCUT2D eigenvalue weighted by atomic mass is 9.96. The van der Waals surface area contributed by atoms with Crippen LogP contribution in [0.1, 0.15) is 64.6 Å². The minimum absolute atomic E-state index is 0.110. The topological polar surface area (TPSA) is 39.1 Å². The standard InChI is InChI=1S/C16H29N3O/c1-4-20-16(2,3)13-17-12-14-10-11-19(18-14)15-8-6-5-7-9-15/h10-11,15,17H,4-9,12-13H2,1-3H3. The average Bonchev–Trinajstić information content (AvgIpc) is 2.88. The van der Waals surface area contributed by atoms with Crippen molar-refractivity contribution < 1.29 is 4.74 Å². The smallest absolute Gasteiger partial charge is 0.0762 e. The summed E-state index contributed by atoms with van der Waals surface area (Å²) in [5, 5.41) is 8.16. The Balaban J connectivity index is 1.78. The summed E-state index contributed by atoms with van der Waals surface area (Å²) in [4.78, 5) is 0. The third-order valence-corrected chi connectivity index (χ3v) is 4.00. The Kier molecular flexibility index (Phi) is 5.61. The van der Waals surface area contributed by atoms with Crippen LogP contribution < -0.4 is 5.32 Å². The van der Waals surface area contributed by atoms with Crippen molar-refractivity contribution in [3.05, 3.63) is 18.0 Å².